The molecule has 0 aliphatic rings. The number of rotatable bonds is 3. The van der Waals surface area contributed by atoms with Crippen LogP contribution in [-0.4, -0.2) is 11.0 Å². The van der Waals surface area contributed by atoms with Crippen LogP contribution in [0.2, 0.25) is 5.02 Å². The number of amides is 1. The van der Waals surface area contributed by atoms with Gasteiger partial charge in [-0.3, -0.25) is 9.69 Å². The second-order valence-electron chi connectivity index (χ2n) is 6.39. The Morgan fingerprint density at radius 1 is 0.742 bits per heavy atom. The van der Waals surface area contributed by atoms with Crippen LogP contribution in [0, 0.1) is 0 Å². The van der Waals surface area contributed by atoms with Crippen molar-refractivity contribution < 1.29 is 36.2 Å². The van der Waals surface area contributed by atoms with Crippen LogP contribution in [0.5, 0.6) is 5.75 Å². The lowest BCUT2D eigenvalue weighted by Gasteiger charge is -2.24. The number of halogens is 7. The number of phenolic OH excluding ortho intramolecular Hbond substituents is 1. The molecule has 1 N–H and O–H groups in total. The lowest BCUT2D eigenvalue weighted by atomic mass is 10.1. The highest BCUT2D eigenvalue weighted by Gasteiger charge is 2.32. The molecule has 0 spiro atoms. The predicted octanol–water partition coefficient (Wildman–Crippen LogP) is 7.06. The third-order valence-corrected chi connectivity index (χ3v) is 4.53. The summed E-state index contributed by atoms with van der Waals surface area (Å²) < 4.78 is 77.3. The van der Waals surface area contributed by atoms with Gasteiger partial charge in [0.1, 0.15) is 5.75 Å². The molecule has 3 aromatic rings. The molecule has 3 rings (SSSR count). The van der Waals surface area contributed by atoms with Gasteiger partial charge in [0.15, 0.2) is 0 Å². The van der Waals surface area contributed by atoms with E-state index in [-0.39, 0.29) is 22.0 Å². The first kappa shape index (κ1) is 22.5. The van der Waals surface area contributed by atoms with Crippen LogP contribution in [0.25, 0.3) is 0 Å². The van der Waals surface area contributed by atoms with E-state index in [4.69, 9.17) is 11.6 Å². The van der Waals surface area contributed by atoms with Crippen molar-refractivity contribution >= 4 is 28.9 Å². The lowest BCUT2D eigenvalue weighted by Crippen LogP contribution is -2.26. The highest BCUT2D eigenvalue weighted by Crippen LogP contribution is 2.36. The summed E-state index contributed by atoms with van der Waals surface area (Å²) in [6, 6.07) is 10.5. The molecule has 0 aliphatic heterocycles. The SMILES string of the molecule is O=C(c1cc(Cl)ccc1O)N(c1ccc(C(F)(F)F)cc1)c1ccc(C(F)(F)F)cc1. The fourth-order valence-corrected chi connectivity index (χ4v) is 2.95. The van der Waals surface area contributed by atoms with E-state index in [0.717, 1.165) is 65.6 Å². The Balaban J connectivity index is 2.12. The number of aromatic hydroxyl groups is 1. The molecule has 3 nitrogen and oxygen atoms in total. The van der Waals surface area contributed by atoms with Crippen molar-refractivity contribution in [2.75, 3.05) is 4.90 Å². The van der Waals surface area contributed by atoms with E-state index in [9.17, 15) is 36.2 Å². The molecule has 3 aromatic carbocycles. The number of anilines is 2. The Kier molecular flexibility index (Phi) is 5.91. The molecule has 0 bridgehead atoms. The van der Waals surface area contributed by atoms with Crippen molar-refractivity contribution in [3.63, 3.8) is 0 Å². The summed E-state index contributed by atoms with van der Waals surface area (Å²) in [7, 11) is 0. The number of phenols is 1. The quantitative estimate of drug-likeness (QED) is 0.426. The van der Waals surface area contributed by atoms with Gasteiger partial charge in [-0.2, -0.15) is 26.3 Å². The first-order valence-electron chi connectivity index (χ1n) is 8.55. The van der Waals surface area contributed by atoms with E-state index in [2.05, 4.69) is 0 Å². The minimum atomic E-state index is -4.62. The second kappa shape index (κ2) is 8.14. The van der Waals surface area contributed by atoms with Gasteiger partial charge < -0.3 is 5.11 Å². The summed E-state index contributed by atoms with van der Waals surface area (Å²) in [5, 5.41) is 10.1. The van der Waals surface area contributed by atoms with Gasteiger partial charge in [-0.15, -0.1) is 0 Å². The van der Waals surface area contributed by atoms with Gasteiger partial charge in [-0.05, 0) is 66.7 Å². The summed E-state index contributed by atoms with van der Waals surface area (Å²) in [5.41, 5.74) is -2.34. The maximum atomic E-state index is 13.1. The van der Waals surface area contributed by atoms with E-state index in [1.165, 1.54) is 6.07 Å². The number of benzene rings is 3. The molecule has 162 valence electrons. The van der Waals surface area contributed by atoms with Crippen LogP contribution < -0.4 is 4.90 Å². The topological polar surface area (TPSA) is 40.5 Å². The molecule has 0 heterocycles. The van der Waals surface area contributed by atoms with Crippen molar-refractivity contribution in [2.45, 2.75) is 12.4 Å². The monoisotopic (exact) mass is 459 g/mol. The van der Waals surface area contributed by atoms with Crippen molar-refractivity contribution in [1.29, 1.82) is 0 Å². The summed E-state index contributed by atoms with van der Waals surface area (Å²) in [4.78, 5) is 14.0. The normalized spacial score (nSPS) is 12.0. The molecule has 0 aromatic heterocycles. The van der Waals surface area contributed by atoms with Crippen LogP contribution in [0.1, 0.15) is 21.5 Å². The van der Waals surface area contributed by atoms with E-state index in [1.807, 2.05) is 0 Å². The highest BCUT2D eigenvalue weighted by molar-refractivity contribution is 6.31. The molecule has 10 heteroatoms. The van der Waals surface area contributed by atoms with Gasteiger partial charge in [0, 0.05) is 16.4 Å². The maximum absolute atomic E-state index is 13.1. The van der Waals surface area contributed by atoms with Crippen LogP contribution >= 0.6 is 11.6 Å². The number of carbonyl (C=O) groups is 1. The lowest BCUT2D eigenvalue weighted by molar-refractivity contribution is -0.138. The summed E-state index contributed by atoms with van der Waals surface area (Å²) >= 11 is 5.87. The first-order valence-corrected chi connectivity index (χ1v) is 8.93. The molecular formula is C21H12ClF6NO2. The van der Waals surface area contributed by atoms with E-state index in [1.54, 1.807) is 0 Å². The zero-order chi connectivity index (χ0) is 23.0. The largest absolute Gasteiger partial charge is 0.507 e. The Labute approximate surface area is 177 Å². The fourth-order valence-electron chi connectivity index (χ4n) is 2.78. The number of alkyl halides is 6. The molecular weight excluding hydrogens is 448 g/mol. The third kappa shape index (κ3) is 4.93. The van der Waals surface area contributed by atoms with Crippen molar-refractivity contribution in [3.05, 3.63) is 88.4 Å². The van der Waals surface area contributed by atoms with Gasteiger partial charge in [0.05, 0.1) is 16.7 Å². The zero-order valence-electron chi connectivity index (χ0n) is 15.3. The fraction of sp³-hybridized carbons (Fsp3) is 0.0952. The average molecular weight is 460 g/mol. The molecule has 0 atom stereocenters. The van der Waals surface area contributed by atoms with Gasteiger partial charge in [0.25, 0.3) is 5.91 Å². The van der Waals surface area contributed by atoms with E-state index >= 15 is 0 Å². The van der Waals surface area contributed by atoms with Crippen molar-refractivity contribution in [1.82, 2.24) is 0 Å². The Bertz CT molecular complexity index is 1040. The highest BCUT2D eigenvalue weighted by atomic mass is 35.5. The minimum absolute atomic E-state index is 0.0582. The summed E-state index contributed by atoms with van der Waals surface area (Å²) in [5.74, 6) is -1.36. The first-order chi connectivity index (χ1) is 14.4. The van der Waals surface area contributed by atoms with Crippen molar-refractivity contribution in [3.8, 4) is 5.75 Å². The summed E-state index contributed by atoms with van der Waals surface area (Å²) in [6.45, 7) is 0. The Hall–Kier alpha value is -3.20. The number of carbonyl (C=O) groups excluding carboxylic acids is 1. The van der Waals surface area contributed by atoms with Crippen LogP contribution in [-0.2, 0) is 12.4 Å². The van der Waals surface area contributed by atoms with Gasteiger partial charge >= 0.3 is 12.4 Å². The molecule has 0 aliphatic carbocycles. The van der Waals surface area contributed by atoms with Gasteiger partial charge in [-0.25, -0.2) is 0 Å². The Morgan fingerprint density at radius 2 is 1.16 bits per heavy atom. The summed E-state index contributed by atoms with van der Waals surface area (Å²) in [6.07, 6.45) is -9.24. The van der Waals surface area contributed by atoms with Crippen LogP contribution in [0.15, 0.2) is 66.7 Å². The maximum Gasteiger partial charge on any atom is 0.416 e. The third-order valence-electron chi connectivity index (χ3n) is 4.30. The average Bonchev–Trinajstić information content (AvgIpc) is 2.69. The molecule has 0 saturated heterocycles. The standard InChI is InChI=1S/C21H12ClF6NO2/c22-14-5-10-18(30)17(11-14)19(31)29(15-6-1-12(2-7-15)20(23,24)25)16-8-3-13(4-9-16)21(26,27)28/h1-11,30H. The van der Waals surface area contributed by atoms with E-state index < -0.39 is 35.1 Å². The van der Waals surface area contributed by atoms with Crippen LogP contribution in [0.4, 0.5) is 37.7 Å². The number of hydrogen-bond acceptors (Lipinski definition) is 2. The second-order valence-corrected chi connectivity index (χ2v) is 6.83. The van der Waals surface area contributed by atoms with E-state index in [0.29, 0.717) is 0 Å². The number of nitrogens with zero attached hydrogens (tertiary/aromatic N) is 1. The minimum Gasteiger partial charge on any atom is -0.507 e. The van der Waals surface area contributed by atoms with Gasteiger partial charge in [-0.1, -0.05) is 11.6 Å². The molecule has 1 amide bonds. The van der Waals surface area contributed by atoms with Crippen LogP contribution in [0.3, 0.4) is 0 Å². The molecule has 0 unspecified atom stereocenters. The predicted molar refractivity (Wildman–Crippen MR) is 102 cm³/mol. The molecule has 31 heavy (non-hydrogen) atoms. The number of hydrogen-bond donors (Lipinski definition) is 1. The van der Waals surface area contributed by atoms with Gasteiger partial charge in [0.2, 0.25) is 0 Å². The van der Waals surface area contributed by atoms with Crippen molar-refractivity contribution in [2.24, 2.45) is 0 Å². The smallest absolute Gasteiger partial charge is 0.416 e. The molecule has 0 fully saturated rings. The molecule has 0 radical (unpaired) electrons. The zero-order valence-corrected chi connectivity index (χ0v) is 16.1. The Morgan fingerprint density at radius 3 is 1.55 bits per heavy atom. The molecule has 0 saturated carbocycles.